The van der Waals surface area contributed by atoms with Crippen LogP contribution in [0.4, 0.5) is 5.82 Å². The van der Waals surface area contributed by atoms with Crippen molar-refractivity contribution in [1.29, 1.82) is 0 Å². The summed E-state index contributed by atoms with van der Waals surface area (Å²) in [5, 5.41) is 19.0. The summed E-state index contributed by atoms with van der Waals surface area (Å²) in [6.45, 7) is 3.43. The molecule has 2 aromatic carbocycles. The topological polar surface area (TPSA) is 105 Å². The van der Waals surface area contributed by atoms with Crippen molar-refractivity contribution in [3.63, 3.8) is 0 Å². The number of amides is 1. The molecule has 204 valence electrons. The molecule has 39 heavy (non-hydrogen) atoms. The minimum atomic E-state index is -0.553. The van der Waals surface area contributed by atoms with E-state index in [1.54, 1.807) is 21.6 Å². The van der Waals surface area contributed by atoms with Crippen molar-refractivity contribution in [2.75, 3.05) is 31.9 Å². The van der Waals surface area contributed by atoms with Crippen molar-refractivity contribution in [2.24, 2.45) is 14.1 Å². The van der Waals surface area contributed by atoms with Crippen LogP contribution in [0.1, 0.15) is 38.3 Å². The Labute approximate surface area is 229 Å². The van der Waals surface area contributed by atoms with Crippen molar-refractivity contribution in [3.05, 3.63) is 101 Å². The van der Waals surface area contributed by atoms with Crippen LogP contribution >= 0.6 is 0 Å². The van der Waals surface area contributed by atoms with Crippen LogP contribution in [0.15, 0.2) is 67.0 Å². The Kier molecular flexibility index (Phi) is 8.09. The number of β-amino-alcohol motifs (C(OH)–C–C–N with tert-alkyl or cyclic N) is 1. The molecule has 2 aromatic heterocycles. The summed E-state index contributed by atoms with van der Waals surface area (Å²) in [5.74, 6) is 0.597. The number of carbonyl (C=O) groups excluding carboxylic acids is 1. The van der Waals surface area contributed by atoms with E-state index in [1.807, 2.05) is 37.3 Å². The molecule has 1 amide bonds. The SMILES string of the molecule is Cn1ccc(Cc2ccc3c(c2)C(=O)N(CC(O)CN2CCc4ccccc4C2)CC3)n1.Cn1ccc(N)n1. The first-order valence-electron chi connectivity index (χ1n) is 13.5. The second kappa shape index (κ2) is 11.8. The van der Waals surface area contributed by atoms with Crippen molar-refractivity contribution in [1.82, 2.24) is 29.4 Å². The van der Waals surface area contributed by atoms with Crippen molar-refractivity contribution in [3.8, 4) is 0 Å². The highest BCUT2D eigenvalue weighted by atomic mass is 16.3. The van der Waals surface area contributed by atoms with Crippen LogP contribution in [0.2, 0.25) is 0 Å². The molecule has 4 aromatic rings. The summed E-state index contributed by atoms with van der Waals surface area (Å²) in [6, 6.07) is 18.4. The molecule has 9 heteroatoms. The normalized spacial score (nSPS) is 15.8. The maximum absolute atomic E-state index is 13.2. The Morgan fingerprint density at radius 1 is 0.897 bits per heavy atom. The minimum absolute atomic E-state index is 0.0251. The molecule has 2 aliphatic heterocycles. The number of hydrogen-bond acceptors (Lipinski definition) is 6. The molecular formula is C30H37N7O2. The fraction of sp³-hybridized carbons (Fsp3) is 0.367. The first-order chi connectivity index (χ1) is 18.8. The molecule has 3 N–H and O–H groups in total. The van der Waals surface area contributed by atoms with Gasteiger partial charge >= 0.3 is 0 Å². The fourth-order valence-electron chi connectivity index (χ4n) is 5.37. The molecular weight excluding hydrogens is 490 g/mol. The number of nitrogens with two attached hydrogens (primary N) is 1. The predicted octanol–water partition coefficient (Wildman–Crippen LogP) is 2.43. The number of aliphatic hydroxyl groups is 1. The Balaban J connectivity index is 0.000000384. The lowest BCUT2D eigenvalue weighted by Crippen LogP contribution is -2.46. The van der Waals surface area contributed by atoms with Crippen LogP contribution in [-0.4, -0.2) is 72.7 Å². The van der Waals surface area contributed by atoms with E-state index >= 15 is 0 Å². The summed E-state index contributed by atoms with van der Waals surface area (Å²) < 4.78 is 3.46. The highest BCUT2D eigenvalue weighted by Gasteiger charge is 2.27. The van der Waals surface area contributed by atoms with Crippen LogP contribution in [0.25, 0.3) is 0 Å². The Morgan fingerprint density at radius 2 is 1.64 bits per heavy atom. The number of anilines is 1. The summed E-state index contributed by atoms with van der Waals surface area (Å²) in [5.41, 5.74) is 11.9. The fourth-order valence-corrected chi connectivity index (χ4v) is 5.37. The van der Waals surface area contributed by atoms with Crippen LogP contribution < -0.4 is 5.73 Å². The van der Waals surface area contributed by atoms with Gasteiger partial charge in [-0.25, -0.2) is 0 Å². The number of aryl methyl sites for hydroxylation is 2. The van der Waals surface area contributed by atoms with Gasteiger partial charge in [0.2, 0.25) is 0 Å². The third-order valence-corrected chi connectivity index (χ3v) is 7.34. The van der Waals surface area contributed by atoms with E-state index in [9.17, 15) is 9.90 Å². The lowest BCUT2D eigenvalue weighted by molar-refractivity contribution is 0.0492. The van der Waals surface area contributed by atoms with Gasteiger partial charge in [0.15, 0.2) is 0 Å². The van der Waals surface area contributed by atoms with E-state index in [4.69, 9.17) is 5.73 Å². The van der Waals surface area contributed by atoms with E-state index < -0.39 is 6.10 Å². The number of nitrogens with zero attached hydrogens (tertiary/aromatic N) is 6. The lowest BCUT2D eigenvalue weighted by atomic mass is 9.95. The Bertz CT molecular complexity index is 1410. The van der Waals surface area contributed by atoms with Crippen molar-refractivity contribution < 1.29 is 9.90 Å². The van der Waals surface area contributed by atoms with Gasteiger partial charge in [0.25, 0.3) is 5.91 Å². The van der Waals surface area contributed by atoms with Crippen molar-refractivity contribution in [2.45, 2.75) is 31.9 Å². The number of fused-ring (bicyclic) bond motifs is 2. The highest BCUT2D eigenvalue weighted by Crippen LogP contribution is 2.23. The third-order valence-electron chi connectivity index (χ3n) is 7.34. The molecule has 0 spiro atoms. The molecule has 4 heterocycles. The van der Waals surface area contributed by atoms with Crippen molar-refractivity contribution >= 4 is 11.7 Å². The average Bonchev–Trinajstić information content (AvgIpc) is 3.52. The van der Waals surface area contributed by atoms with Gasteiger partial charge in [-0.3, -0.25) is 19.1 Å². The number of aliphatic hydroxyl groups excluding tert-OH is 1. The number of carbonyl (C=O) groups is 1. The summed E-state index contributed by atoms with van der Waals surface area (Å²) >= 11 is 0. The molecule has 2 aliphatic rings. The molecule has 0 bridgehead atoms. The number of aromatic nitrogens is 4. The number of benzene rings is 2. The van der Waals surface area contributed by atoms with Gasteiger partial charge < -0.3 is 15.7 Å². The molecule has 0 saturated carbocycles. The molecule has 0 radical (unpaired) electrons. The molecule has 1 atom stereocenters. The second-order valence-electron chi connectivity index (χ2n) is 10.5. The van der Waals surface area contributed by atoms with E-state index in [2.05, 4.69) is 51.5 Å². The van der Waals surface area contributed by atoms with E-state index in [1.165, 1.54) is 11.1 Å². The first-order valence-corrected chi connectivity index (χ1v) is 13.5. The van der Waals surface area contributed by atoms with Gasteiger partial charge in [0.05, 0.1) is 11.8 Å². The zero-order valence-electron chi connectivity index (χ0n) is 22.7. The standard InChI is InChI=1S/C26H30N4O2.C4H7N3/c1-28-11-10-23(27-28)14-19-6-7-21-9-13-30(26(32)25(21)15-19)18-24(31)17-29-12-8-20-4-2-3-5-22(20)16-29;1-7-3-2-4(5)6-7/h2-7,10-11,15,24,31H,8-9,12-14,16-18H2,1H3;2-3H,1H3,(H2,5,6). The van der Waals surface area contributed by atoms with Gasteiger partial charge in [-0.1, -0.05) is 36.4 Å². The zero-order chi connectivity index (χ0) is 27.4. The summed E-state index contributed by atoms with van der Waals surface area (Å²) in [7, 11) is 3.74. The lowest BCUT2D eigenvalue weighted by Gasteiger charge is -2.34. The number of nitrogen functional groups attached to an aromatic ring is 1. The summed E-state index contributed by atoms with van der Waals surface area (Å²) in [4.78, 5) is 17.3. The van der Waals surface area contributed by atoms with Gasteiger partial charge in [0, 0.05) is 71.2 Å². The molecule has 0 saturated heterocycles. The molecule has 6 rings (SSSR count). The van der Waals surface area contributed by atoms with Crippen LogP contribution in [0, 0.1) is 0 Å². The highest BCUT2D eigenvalue weighted by molar-refractivity contribution is 5.97. The smallest absolute Gasteiger partial charge is 0.254 e. The number of hydrogen-bond donors (Lipinski definition) is 2. The van der Waals surface area contributed by atoms with Crippen LogP contribution in [0.5, 0.6) is 0 Å². The minimum Gasteiger partial charge on any atom is -0.390 e. The average molecular weight is 528 g/mol. The molecule has 0 aliphatic carbocycles. The Hall–Kier alpha value is -3.95. The molecule has 1 unspecified atom stereocenters. The van der Waals surface area contributed by atoms with E-state index in [-0.39, 0.29) is 5.91 Å². The van der Waals surface area contributed by atoms with Gasteiger partial charge in [-0.15, -0.1) is 0 Å². The summed E-state index contributed by atoms with van der Waals surface area (Å²) in [6.07, 6.45) is 5.73. The first kappa shape index (κ1) is 26.6. The largest absolute Gasteiger partial charge is 0.390 e. The maximum Gasteiger partial charge on any atom is 0.254 e. The monoisotopic (exact) mass is 527 g/mol. The number of rotatable bonds is 6. The zero-order valence-corrected chi connectivity index (χ0v) is 22.7. The van der Waals surface area contributed by atoms with Gasteiger partial charge in [-0.05, 0) is 53.3 Å². The van der Waals surface area contributed by atoms with Gasteiger partial charge in [0.1, 0.15) is 5.82 Å². The molecule has 0 fully saturated rings. The maximum atomic E-state index is 13.2. The molecule has 9 nitrogen and oxygen atoms in total. The van der Waals surface area contributed by atoms with E-state index in [0.29, 0.717) is 31.9 Å². The van der Waals surface area contributed by atoms with Crippen LogP contribution in [-0.2, 0) is 39.9 Å². The van der Waals surface area contributed by atoms with E-state index in [0.717, 1.165) is 48.3 Å². The second-order valence-corrected chi connectivity index (χ2v) is 10.5. The van der Waals surface area contributed by atoms with Crippen LogP contribution in [0.3, 0.4) is 0 Å². The predicted molar refractivity (Wildman–Crippen MR) is 151 cm³/mol. The quantitative estimate of drug-likeness (QED) is 0.399. The Morgan fingerprint density at radius 3 is 2.33 bits per heavy atom. The third kappa shape index (κ3) is 6.74. The van der Waals surface area contributed by atoms with Gasteiger partial charge in [-0.2, -0.15) is 10.2 Å².